The lowest BCUT2D eigenvalue weighted by atomic mass is 10.2. The van der Waals surface area contributed by atoms with Crippen LogP contribution in [-0.2, 0) is 5.88 Å². The molecule has 0 spiro atoms. The third kappa shape index (κ3) is 2.93. The zero-order chi connectivity index (χ0) is 13.0. The van der Waals surface area contributed by atoms with Gasteiger partial charge in [-0.2, -0.15) is 0 Å². The fourth-order valence-corrected chi connectivity index (χ4v) is 1.81. The molecule has 0 aliphatic rings. The number of aromatic nitrogens is 1. The van der Waals surface area contributed by atoms with E-state index >= 15 is 0 Å². The molecular formula is C14H14ClNO2. The van der Waals surface area contributed by atoms with Crippen molar-refractivity contribution in [2.75, 3.05) is 7.11 Å². The van der Waals surface area contributed by atoms with Gasteiger partial charge in [-0.25, -0.2) is 4.98 Å². The molecule has 0 saturated heterocycles. The van der Waals surface area contributed by atoms with Gasteiger partial charge in [0.15, 0.2) is 11.5 Å². The minimum Gasteiger partial charge on any atom is -0.493 e. The number of nitrogens with zero attached hydrogens (tertiary/aromatic N) is 1. The number of methoxy groups -OCH3 is 1. The normalized spacial score (nSPS) is 10.2. The van der Waals surface area contributed by atoms with Gasteiger partial charge in [-0.05, 0) is 30.7 Å². The summed E-state index contributed by atoms with van der Waals surface area (Å²) in [5.74, 6) is 2.27. The average molecular weight is 264 g/mol. The van der Waals surface area contributed by atoms with Crippen molar-refractivity contribution in [3.63, 3.8) is 0 Å². The predicted molar refractivity (Wildman–Crippen MR) is 71.6 cm³/mol. The highest BCUT2D eigenvalue weighted by Gasteiger charge is 2.06. The molecule has 0 bridgehead atoms. The van der Waals surface area contributed by atoms with Gasteiger partial charge in [0.1, 0.15) is 0 Å². The molecular weight excluding hydrogens is 250 g/mol. The van der Waals surface area contributed by atoms with Gasteiger partial charge in [-0.15, -0.1) is 11.6 Å². The fraction of sp³-hybridized carbons (Fsp3) is 0.214. The van der Waals surface area contributed by atoms with Crippen molar-refractivity contribution in [1.29, 1.82) is 0 Å². The first-order chi connectivity index (χ1) is 8.72. The molecule has 2 aromatic rings. The number of halogens is 1. The molecule has 0 aliphatic carbocycles. The molecule has 0 atom stereocenters. The summed E-state index contributed by atoms with van der Waals surface area (Å²) in [6.45, 7) is 1.91. The fourth-order valence-electron chi connectivity index (χ4n) is 1.65. The van der Waals surface area contributed by atoms with Gasteiger partial charge in [0.05, 0.1) is 7.11 Å². The number of pyridine rings is 1. The number of hydrogen-bond donors (Lipinski definition) is 0. The largest absolute Gasteiger partial charge is 0.493 e. The van der Waals surface area contributed by atoms with Crippen molar-refractivity contribution in [2.24, 2.45) is 0 Å². The molecule has 0 radical (unpaired) electrons. The summed E-state index contributed by atoms with van der Waals surface area (Å²) in [6, 6.07) is 11.2. The molecule has 0 aliphatic heterocycles. The minimum atomic E-state index is 0.436. The first kappa shape index (κ1) is 12.7. The van der Waals surface area contributed by atoms with Gasteiger partial charge in [0.25, 0.3) is 0 Å². The summed E-state index contributed by atoms with van der Waals surface area (Å²) >= 11 is 5.82. The standard InChI is InChI=1S/C14H14ClNO2/c1-10-7-11(9-15)8-14(16-10)18-13-6-4-3-5-12(13)17-2/h3-8H,9H2,1-2H3. The quantitative estimate of drug-likeness (QED) is 0.783. The number of benzene rings is 1. The van der Waals surface area contributed by atoms with Crippen LogP contribution in [0.3, 0.4) is 0 Å². The van der Waals surface area contributed by atoms with E-state index in [0.29, 0.717) is 23.3 Å². The van der Waals surface area contributed by atoms with Gasteiger partial charge in [0, 0.05) is 17.6 Å². The Balaban J connectivity index is 2.30. The third-order valence-corrected chi connectivity index (χ3v) is 2.74. The SMILES string of the molecule is COc1ccccc1Oc1cc(CCl)cc(C)n1. The minimum absolute atomic E-state index is 0.436. The Hall–Kier alpha value is -1.74. The summed E-state index contributed by atoms with van der Waals surface area (Å²) in [5.41, 5.74) is 1.85. The maximum atomic E-state index is 5.82. The van der Waals surface area contributed by atoms with Crippen molar-refractivity contribution in [3.05, 3.63) is 47.7 Å². The van der Waals surface area contributed by atoms with Crippen LogP contribution >= 0.6 is 11.6 Å². The molecule has 3 nitrogen and oxygen atoms in total. The average Bonchev–Trinajstić information content (AvgIpc) is 2.38. The molecule has 1 heterocycles. The molecule has 0 N–H and O–H groups in total. The molecule has 0 fully saturated rings. The molecule has 4 heteroatoms. The van der Waals surface area contributed by atoms with E-state index in [2.05, 4.69) is 4.98 Å². The highest BCUT2D eigenvalue weighted by molar-refractivity contribution is 6.17. The summed E-state index contributed by atoms with van der Waals surface area (Å²) in [4.78, 5) is 4.32. The molecule has 0 amide bonds. The lowest BCUT2D eigenvalue weighted by Gasteiger charge is -2.10. The zero-order valence-corrected chi connectivity index (χ0v) is 11.1. The second kappa shape index (κ2) is 5.74. The number of alkyl halides is 1. The molecule has 0 saturated carbocycles. The highest BCUT2D eigenvalue weighted by Crippen LogP contribution is 2.30. The van der Waals surface area contributed by atoms with Crippen molar-refractivity contribution in [2.45, 2.75) is 12.8 Å². The molecule has 1 aromatic carbocycles. The number of para-hydroxylation sites is 2. The Bertz CT molecular complexity index is 543. The van der Waals surface area contributed by atoms with Gasteiger partial charge in [-0.1, -0.05) is 12.1 Å². The second-order valence-corrected chi connectivity index (χ2v) is 4.11. The first-order valence-corrected chi connectivity index (χ1v) is 6.11. The number of ether oxygens (including phenoxy) is 2. The Morgan fingerprint density at radius 1 is 1.17 bits per heavy atom. The monoisotopic (exact) mass is 263 g/mol. The smallest absolute Gasteiger partial charge is 0.219 e. The summed E-state index contributed by atoms with van der Waals surface area (Å²) in [5, 5.41) is 0. The molecule has 18 heavy (non-hydrogen) atoms. The molecule has 0 unspecified atom stereocenters. The Labute approximate surface area is 111 Å². The first-order valence-electron chi connectivity index (χ1n) is 5.57. The maximum Gasteiger partial charge on any atom is 0.219 e. The second-order valence-electron chi connectivity index (χ2n) is 3.84. The van der Waals surface area contributed by atoms with Crippen LogP contribution in [0.15, 0.2) is 36.4 Å². The van der Waals surface area contributed by atoms with Crippen LogP contribution < -0.4 is 9.47 Å². The van der Waals surface area contributed by atoms with Crippen molar-refractivity contribution >= 4 is 11.6 Å². The lowest BCUT2D eigenvalue weighted by molar-refractivity contribution is 0.374. The Morgan fingerprint density at radius 2 is 1.89 bits per heavy atom. The van der Waals surface area contributed by atoms with Crippen molar-refractivity contribution in [1.82, 2.24) is 4.98 Å². The van der Waals surface area contributed by atoms with Gasteiger partial charge < -0.3 is 9.47 Å². The van der Waals surface area contributed by atoms with E-state index in [-0.39, 0.29) is 0 Å². The summed E-state index contributed by atoms with van der Waals surface area (Å²) in [7, 11) is 1.61. The van der Waals surface area contributed by atoms with Crippen LogP contribution in [0.2, 0.25) is 0 Å². The highest BCUT2D eigenvalue weighted by atomic mass is 35.5. The van der Waals surface area contributed by atoms with Gasteiger partial charge in [0.2, 0.25) is 5.88 Å². The Kier molecular flexibility index (Phi) is 4.05. The lowest BCUT2D eigenvalue weighted by Crippen LogP contribution is -1.94. The van der Waals surface area contributed by atoms with Crippen LogP contribution in [0.25, 0.3) is 0 Å². The summed E-state index contributed by atoms with van der Waals surface area (Å²) < 4.78 is 11.0. The molecule has 1 aromatic heterocycles. The zero-order valence-electron chi connectivity index (χ0n) is 10.3. The van der Waals surface area contributed by atoms with Crippen LogP contribution in [-0.4, -0.2) is 12.1 Å². The van der Waals surface area contributed by atoms with Crippen molar-refractivity contribution < 1.29 is 9.47 Å². The van der Waals surface area contributed by atoms with E-state index in [1.165, 1.54) is 0 Å². The van der Waals surface area contributed by atoms with E-state index in [0.717, 1.165) is 11.3 Å². The van der Waals surface area contributed by atoms with Gasteiger partial charge >= 0.3 is 0 Å². The maximum absolute atomic E-state index is 5.82. The Morgan fingerprint density at radius 3 is 2.56 bits per heavy atom. The van der Waals surface area contributed by atoms with Crippen LogP contribution in [0.1, 0.15) is 11.3 Å². The molecule has 2 rings (SSSR count). The van der Waals surface area contributed by atoms with Gasteiger partial charge in [-0.3, -0.25) is 0 Å². The third-order valence-electron chi connectivity index (χ3n) is 2.43. The van der Waals surface area contributed by atoms with E-state index in [4.69, 9.17) is 21.1 Å². The summed E-state index contributed by atoms with van der Waals surface area (Å²) in [6.07, 6.45) is 0. The number of aryl methyl sites for hydroxylation is 1. The van der Waals surface area contributed by atoms with Crippen LogP contribution in [0.4, 0.5) is 0 Å². The van der Waals surface area contributed by atoms with Crippen LogP contribution in [0.5, 0.6) is 17.4 Å². The number of hydrogen-bond acceptors (Lipinski definition) is 3. The van der Waals surface area contributed by atoms with Crippen LogP contribution in [0, 0.1) is 6.92 Å². The topological polar surface area (TPSA) is 31.4 Å². The van der Waals surface area contributed by atoms with E-state index < -0.39 is 0 Å². The predicted octanol–water partition coefficient (Wildman–Crippen LogP) is 3.93. The van der Waals surface area contributed by atoms with E-state index in [1.807, 2.05) is 43.3 Å². The van der Waals surface area contributed by atoms with E-state index in [9.17, 15) is 0 Å². The number of rotatable bonds is 4. The van der Waals surface area contributed by atoms with Crippen molar-refractivity contribution in [3.8, 4) is 17.4 Å². The molecule has 94 valence electrons. The van der Waals surface area contributed by atoms with E-state index in [1.54, 1.807) is 7.11 Å².